The number of hydrogen-bond acceptors (Lipinski definition) is 4. The Bertz CT molecular complexity index is 554. The fourth-order valence-corrected chi connectivity index (χ4v) is 2.48. The molecule has 0 bridgehead atoms. The molecule has 0 unspecified atom stereocenters. The van der Waals surface area contributed by atoms with Gasteiger partial charge >= 0.3 is 0 Å². The van der Waals surface area contributed by atoms with Gasteiger partial charge in [0, 0.05) is 31.7 Å². The van der Waals surface area contributed by atoms with Crippen LogP contribution >= 0.6 is 12.4 Å². The second kappa shape index (κ2) is 6.83. The average Bonchev–Trinajstić information content (AvgIpc) is 2.54. The summed E-state index contributed by atoms with van der Waals surface area (Å²) in [4.78, 5) is 14.3. The Morgan fingerprint density at radius 3 is 2.81 bits per heavy atom. The van der Waals surface area contributed by atoms with Crippen molar-refractivity contribution in [3.63, 3.8) is 0 Å². The van der Waals surface area contributed by atoms with E-state index in [0.29, 0.717) is 12.2 Å². The maximum absolute atomic E-state index is 12.4. The lowest BCUT2D eigenvalue weighted by Gasteiger charge is -2.29. The summed E-state index contributed by atoms with van der Waals surface area (Å²) in [5, 5.41) is 3.24. The molecule has 0 saturated carbocycles. The van der Waals surface area contributed by atoms with Crippen molar-refractivity contribution in [2.75, 3.05) is 39.9 Å². The number of benzene rings is 1. The Morgan fingerprint density at radius 2 is 2.10 bits per heavy atom. The largest absolute Gasteiger partial charge is 0.497 e. The van der Waals surface area contributed by atoms with E-state index in [1.54, 1.807) is 7.11 Å². The summed E-state index contributed by atoms with van der Waals surface area (Å²) in [7, 11) is 1.63. The quantitative estimate of drug-likeness (QED) is 0.895. The Labute approximate surface area is 130 Å². The molecule has 6 heteroatoms. The van der Waals surface area contributed by atoms with E-state index in [-0.39, 0.29) is 18.3 Å². The number of ether oxygens (including phenoxy) is 2. The number of fused-ring (bicyclic) bond motifs is 1. The first kappa shape index (κ1) is 15.7. The van der Waals surface area contributed by atoms with Crippen molar-refractivity contribution in [3.8, 4) is 11.5 Å². The topological polar surface area (TPSA) is 50.8 Å². The molecule has 2 aliphatic rings. The molecule has 0 aliphatic carbocycles. The Morgan fingerprint density at radius 1 is 1.33 bits per heavy atom. The van der Waals surface area contributed by atoms with Crippen LogP contribution in [0.5, 0.6) is 11.5 Å². The highest BCUT2D eigenvalue weighted by Crippen LogP contribution is 2.30. The molecule has 21 heavy (non-hydrogen) atoms. The highest BCUT2D eigenvalue weighted by atomic mass is 35.5. The molecule has 3 rings (SSSR count). The Hall–Kier alpha value is -1.72. The minimum atomic E-state index is 0. The number of nitrogens with one attached hydrogen (secondary N) is 1. The molecule has 1 fully saturated rings. The smallest absolute Gasteiger partial charge is 0.253 e. The number of rotatable bonds is 2. The van der Waals surface area contributed by atoms with E-state index in [0.717, 1.165) is 43.2 Å². The van der Waals surface area contributed by atoms with Gasteiger partial charge in [0.05, 0.1) is 12.7 Å². The lowest BCUT2D eigenvalue weighted by Crippen LogP contribution is -2.47. The molecule has 1 saturated heterocycles. The third-order valence-corrected chi connectivity index (χ3v) is 3.61. The number of amides is 1. The highest BCUT2D eigenvalue weighted by Gasteiger charge is 2.23. The van der Waals surface area contributed by atoms with E-state index in [9.17, 15) is 4.79 Å². The number of piperazine rings is 1. The summed E-state index contributed by atoms with van der Waals surface area (Å²) in [5.41, 5.74) is 1.60. The minimum Gasteiger partial charge on any atom is -0.497 e. The number of hydrogen-bond donors (Lipinski definition) is 1. The zero-order valence-corrected chi connectivity index (χ0v) is 12.7. The van der Waals surface area contributed by atoms with Crippen LogP contribution in [-0.2, 0) is 4.79 Å². The van der Waals surface area contributed by atoms with Crippen molar-refractivity contribution in [3.05, 3.63) is 29.3 Å². The SMILES string of the molecule is COc1ccc2c(c1)C=C(C(=O)N1CCNCC1)CO2.Cl. The first-order valence-corrected chi connectivity index (χ1v) is 6.79. The highest BCUT2D eigenvalue weighted by molar-refractivity contribution is 5.99. The van der Waals surface area contributed by atoms with Crippen molar-refractivity contribution in [1.82, 2.24) is 10.2 Å². The maximum atomic E-state index is 12.4. The van der Waals surface area contributed by atoms with Gasteiger partial charge in [-0.1, -0.05) is 0 Å². The summed E-state index contributed by atoms with van der Waals surface area (Å²) < 4.78 is 10.9. The third-order valence-electron chi connectivity index (χ3n) is 3.61. The molecule has 114 valence electrons. The minimum absolute atomic E-state index is 0. The molecule has 2 heterocycles. The van der Waals surface area contributed by atoms with Crippen LogP contribution in [0, 0.1) is 0 Å². The van der Waals surface area contributed by atoms with Gasteiger partial charge in [-0.2, -0.15) is 0 Å². The number of methoxy groups -OCH3 is 1. The Kier molecular flexibility index (Phi) is 5.09. The first-order chi connectivity index (χ1) is 9.78. The van der Waals surface area contributed by atoms with Crippen molar-refractivity contribution in [2.45, 2.75) is 0 Å². The summed E-state index contributed by atoms with van der Waals surface area (Å²) in [5.74, 6) is 1.63. The number of carbonyl (C=O) groups excluding carboxylic acids is 1. The molecule has 5 nitrogen and oxygen atoms in total. The number of halogens is 1. The zero-order chi connectivity index (χ0) is 13.9. The summed E-state index contributed by atoms with van der Waals surface area (Å²) in [6.07, 6.45) is 1.91. The molecule has 0 spiro atoms. The molecule has 1 aromatic rings. The molecule has 2 aliphatic heterocycles. The zero-order valence-electron chi connectivity index (χ0n) is 11.9. The van der Waals surface area contributed by atoms with Crippen LogP contribution in [0.2, 0.25) is 0 Å². The van der Waals surface area contributed by atoms with Gasteiger partial charge in [-0.3, -0.25) is 4.79 Å². The van der Waals surface area contributed by atoms with Gasteiger partial charge in [0.25, 0.3) is 5.91 Å². The summed E-state index contributed by atoms with van der Waals surface area (Å²) >= 11 is 0. The van der Waals surface area contributed by atoms with E-state index in [1.807, 2.05) is 29.2 Å². The lowest BCUT2D eigenvalue weighted by atomic mass is 10.1. The number of carbonyl (C=O) groups is 1. The van der Waals surface area contributed by atoms with Gasteiger partial charge in [-0.15, -0.1) is 12.4 Å². The third kappa shape index (κ3) is 3.31. The second-order valence-corrected chi connectivity index (χ2v) is 4.90. The van der Waals surface area contributed by atoms with Crippen LogP contribution in [0.4, 0.5) is 0 Å². The normalized spacial score (nSPS) is 17.0. The second-order valence-electron chi connectivity index (χ2n) is 4.90. The standard InChI is InChI=1S/C15H18N2O3.ClH/c1-19-13-2-3-14-11(9-13)8-12(10-20-14)15(18)17-6-4-16-5-7-17;/h2-3,8-9,16H,4-7,10H2,1H3;1H. The van der Waals surface area contributed by atoms with Crippen LogP contribution in [-0.4, -0.2) is 50.7 Å². The van der Waals surface area contributed by atoms with Gasteiger partial charge < -0.3 is 19.7 Å². The fourth-order valence-electron chi connectivity index (χ4n) is 2.48. The molecule has 1 amide bonds. The maximum Gasteiger partial charge on any atom is 0.253 e. The molecule has 0 radical (unpaired) electrons. The van der Waals surface area contributed by atoms with Crippen molar-refractivity contribution in [1.29, 1.82) is 0 Å². The van der Waals surface area contributed by atoms with E-state index >= 15 is 0 Å². The summed E-state index contributed by atoms with van der Waals surface area (Å²) in [6, 6.07) is 5.62. The predicted molar refractivity (Wildman–Crippen MR) is 83.2 cm³/mol. The van der Waals surface area contributed by atoms with Crippen molar-refractivity contribution < 1.29 is 14.3 Å². The van der Waals surface area contributed by atoms with E-state index in [4.69, 9.17) is 9.47 Å². The van der Waals surface area contributed by atoms with Gasteiger partial charge in [-0.25, -0.2) is 0 Å². The molecular weight excluding hydrogens is 292 g/mol. The molecule has 0 atom stereocenters. The van der Waals surface area contributed by atoms with E-state index in [1.165, 1.54) is 0 Å². The molecule has 0 aromatic heterocycles. The van der Waals surface area contributed by atoms with Gasteiger partial charge in [0.15, 0.2) is 0 Å². The predicted octanol–water partition coefficient (Wildman–Crippen LogP) is 1.32. The van der Waals surface area contributed by atoms with Gasteiger partial charge in [0.1, 0.15) is 18.1 Å². The van der Waals surface area contributed by atoms with Crippen LogP contribution in [0.3, 0.4) is 0 Å². The molecular formula is C15H19ClN2O3. The van der Waals surface area contributed by atoms with Crippen LogP contribution in [0.1, 0.15) is 5.56 Å². The van der Waals surface area contributed by atoms with Crippen molar-refractivity contribution >= 4 is 24.4 Å². The monoisotopic (exact) mass is 310 g/mol. The van der Waals surface area contributed by atoms with Crippen LogP contribution in [0.15, 0.2) is 23.8 Å². The lowest BCUT2D eigenvalue weighted by molar-refractivity contribution is -0.128. The summed E-state index contributed by atoms with van der Waals surface area (Å²) in [6.45, 7) is 3.54. The number of nitrogens with zero attached hydrogens (tertiary/aromatic N) is 1. The average molecular weight is 311 g/mol. The van der Waals surface area contributed by atoms with E-state index in [2.05, 4.69) is 5.32 Å². The fraction of sp³-hybridized carbons (Fsp3) is 0.400. The van der Waals surface area contributed by atoms with Crippen LogP contribution < -0.4 is 14.8 Å². The van der Waals surface area contributed by atoms with Crippen LogP contribution in [0.25, 0.3) is 6.08 Å². The first-order valence-electron chi connectivity index (χ1n) is 6.79. The molecule has 1 aromatic carbocycles. The van der Waals surface area contributed by atoms with E-state index < -0.39 is 0 Å². The van der Waals surface area contributed by atoms with Gasteiger partial charge in [-0.05, 0) is 24.3 Å². The Balaban J connectivity index is 0.00000161. The molecule has 1 N–H and O–H groups in total. The van der Waals surface area contributed by atoms with Gasteiger partial charge in [0.2, 0.25) is 0 Å². The van der Waals surface area contributed by atoms with Crippen molar-refractivity contribution in [2.24, 2.45) is 0 Å².